The molecule has 0 fully saturated rings. The average molecular weight is 183 g/mol. The van der Waals surface area contributed by atoms with Crippen molar-refractivity contribution in [3.05, 3.63) is 35.4 Å². The SMILES string of the molecule is C=C(C)c1cccc(Cl)c1OC. The number of ether oxygens (including phenoxy) is 1. The molecule has 2 heteroatoms. The standard InChI is InChI=1S/C10H11ClO/c1-7(2)8-5-4-6-9(11)10(8)12-3/h4-6H,1H2,2-3H3. The van der Waals surface area contributed by atoms with Gasteiger partial charge in [-0.25, -0.2) is 0 Å². The molecule has 64 valence electrons. The zero-order valence-electron chi connectivity index (χ0n) is 7.23. The van der Waals surface area contributed by atoms with Crippen LogP contribution >= 0.6 is 11.6 Å². The Morgan fingerprint density at radius 3 is 2.58 bits per heavy atom. The van der Waals surface area contributed by atoms with Crippen LogP contribution in [0.4, 0.5) is 0 Å². The molecule has 0 bridgehead atoms. The maximum atomic E-state index is 5.91. The molecule has 0 N–H and O–H groups in total. The highest BCUT2D eigenvalue weighted by atomic mass is 35.5. The highest BCUT2D eigenvalue weighted by molar-refractivity contribution is 6.32. The molecular weight excluding hydrogens is 172 g/mol. The minimum Gasteiger partial charge on any atom is -0.495 e. The van der Waals surface area contributed by atoms with E-state index in [-0.39, 0.29) is 0 Å². The Hall–Kier alpha value is -0.950. The van der Waals surface area contributed by atoms with Gasteiger partial charge in [0, 0.05) is 5.56 Å². The summed E-state index contributed by atoms with van der Waals surface area (Å²) in [5.74, 6) is 0.701. The van der Waals surface area contributed by atoms with Gasteiger partial charge in [-0.15, -0.1) is 0 Å². The van der Waals surface area contributed by atoms with E-state index < -0.39 is 0 Å². The Kier molecular flexibility index (Phi) is 2.77. The molecule has 0 saturated heterocycles. The van der Waals surface area contributed by atoms with Gasteiger partial charge in [0.2, 0.25) is 0 Å². The van der Waals surface area contributed by atoms with Crippen LogP contribution < -0.4 is 4.74 Å². The number of benzene rings is 1. The third kappa shape index (κ3) is 1.62. The largest absolute Gasteiger partial charge is 0.495 e. The van der Waals surface area contributed by atoms with Gasteiger partial charge >= 0.3 is 0 Å². The number of para-hydroxylation sites is 1. The molecule has 0 spiro atoms. The molecule has 0 atom stereocenters. The van der Waals surface area contributed by atoms with Crippen LogP contribution in [0.15, 0.2) is 24.8 Å². The minimum absolute atomic E-state index is 0.623. The Morgan fingerprint density at radius 1 is 1.50 bits per heavy atom. The van der Waals surface area contributed by atoms with Crippen molar-refractivity contribution in [2.24, 2.45) is 0 Å². The maximum Gasteiger partial charge on any atom is 0.144 e. The first-order valence-electron chi connectivity index (χ1n) is 3.65. The van der Waals surface area contributed by atoms with Crippen molar-refractivity contribution >= 4 is 17.2 Å². The fourth-order valence-corrected chi connectivity index (χ4v) is 1.30. The fraction of sp³-hybridized carbons (Fsp3) is 0.200. The molecule has 1 aromatic rings. The number of methoxy groups -OCH3 is 1. The van der Waals surface area contributed by atoms with Gasteiger partial charge in [-0.3, -0.25) is 0 Å². The van der Waals surface area contributed by atoms with E-state index in [9.17, 15) is 0 Å². The lowest BCUT2D eigenvalue weighted by molar-refractivity contribution is 0.414. The molecule has 0 aliphatic heterocycles. The topological polar surface area (TPSA) is 9.23 Å². The molecule has 0 unspecified atom stereocenters. The maximum absolute atomic E-state index is 5.91. The molecule has 0 heterocycles. The second-order valence-corrected chi connectivity index (χ2v) is 3.01. The lowest BCUT2D eigenvalue weighted by Gasteiger charge is -2.08. The summed E-state index contributed by atoms with van der Waals surface area (Å²) in [5, 5.41) is 0.623. The van der Waals surface area contributed by atoms with Crippen LogP contribution in [0, 0.1) is 0 Å². The number of hydrogen-bond donors (Lipinski definition) is 0. The molecular formula is C10H11ClO. The van der Waals surface area contributed by atoms with E-state index in [0.717, 1.165) is 11.1 Å². The molecule has 0 saturated carbocycles. The zero-order chi connectivity index (χ0) is 9.14. The Balaban J connectivity index is 3.27. The van der Waals surface area contributed by atoms with Crippen molar-refractivity contribution in [2.75, 3.05) is 7.11 Å². The second-order valence-electron chi connectivity index (χ2n) is 2.60. The van der Waals surface area contributed by atoms with Crippen molar-refractivity contribution in [1.29, 1.82) is 0 Å². The summed E-state index contributed by atoms with van der Waals surface area (Å²) < 4.78 is 5.14. The van der Waals surface area contributed by atoms with Crippen molar-refractivity contribution in [2.45, 2.75) is 6.92 Å². The monoisotopic (exact) mass is 182 g/mol. The van der Waals surface area contributed by atoms with E-state index in [4.69, 9.17) is 16.3 Å². The molecule has 12 heavy (non-hydrogen) atoms. The number of rotatable bonds is 2. The second kappa shape index (κ2) is 3.63. The fourth-order valence-electron chi connectivity index (χ4n) is 1.05. The van der Waals surface area contributed by atoms with E-state index in [1.54, 1.807) is 13.2 Å². The van der Waals surface area contributed by atoms with E-state index in [1.807, 2.05) is 19.1 Å². The van der Waals surface area contributed by atoms with Gasteiger partial charge in [0.05, 0.1) is 12.1 Å². The lowest BCUT2D eigenvalue weighted by Crippen LogP contribution is -1.89. The van der Waals surface area contributed by atoms with Gasteiger partial charge < -0.3 is 4.74 Å². The highest BCUT2D eigenvalue weighted by Gasteiger charge is 2.06. The van der Waals surface area contributed by atoms with Crippen LogP contribution in [0.2, 0.25) is 5.02 Å². The summed E-state index contributed by atoms with van der Waals surface area (Å²) in [7, 11) is 1.60. The van der Waals surface area contributed by atoms with E-state index >= 15 is 0 Å². The summed E-state index contributed by atoms with van der Waals surface area (Å²) in [6.07, 6.45) is 0. The van der Waals surface area contributed by atoms with E-state index in [0.29, 0.717) is 10.8 Å². The predicted molar refractivity (Wildman–Crippen MR) is 52.7 cm³/mol. The van der Waals surface area contributed by atoms with Crippen molar-refractivity contribution < 1.29 is 4.74 Å². The van der Waals surface area contributed by atoms with Crippen LogP contribution in [0.5, 0.6) is 5.75 Å². The summed E-state index contributed by atoms with van der Waals surface area (Å²) >= 11 is 5.91. The number of hydrogen-bond acceptors (Lipinski definition) is 1. The Bertz CT molecular complexity index is 305. The first-order chi connectivity index (χ1) is 5.66. The third-order valence-corrected chi connectivity index (χ3v) is 1.93. The first-order valence-corrected chi connectivity index (χ1v) is 4.03. The zero-order valence-corrected chi connectivity index (χ0v) is 7.98. The van der Waals surface area contributed by atoms with Gasteiger partial charge in [-0.2, -0.15) is 0 Å². The van der Waals surface area contributed by atoms with E-state index in [1.165, 1.54) is 0 Å². The van der Waals surface area contributed by atoms with Gasteiger partial charge in [0.25, 0.3) is 0 Å². The average Bonchev–Trinajstić information content (AvgIpc) is 2.03. The summed E-state index contributed by atoms with van der Waals surface area (Å²) in [4.78, 5) is 0. The summed E-state index contributed by atoms with van der Waals surface area (Å²) in [6.45, 7) is 5.76. The van der Waals surface area contributed by atoms with Crippen LogP contribution in [0.25, 0.3) is 5.57 Å². The van der Waals surface area contributed by atoms with Crippen molar-refractivity contribution in [3.63, 3.8) is 0 Å². The van der Waals surface area contributed by atoms with Gasteiger partial charge in [-0.1, -0.05) is 30.3 Å². The van der Waals surface area contributed by atoms with E-state index in [2.05, 4.69) is 6.58 Å². The van der Waals surface area contributed by atoms with Gasteiger partial charge in [0.1, 0.15) is 5.75 Å². The van der Waals surface area contributed by atoms with Crippen molar-refractivity contribution in [3.8, 4) is 5.75 Å². The summed E-state index contributed by atoms with van der Waals surface area (Å²) in [6, 6.07) is 5.62. The number of halogens is 1. The quantitative estimate of drug-likeness (QED) is 0.682. The molecule has 1 rings (SSSR count). The third-order valence-electron chi connectivity index (χ3n) is 1.63. The Labute approximate surface area is 77.6 Å². The molecule has 0 radical (unpaired) electrons. The summed E-state index contributed by atoms with van der Waals surface area (Å²) in [5.41, 5.74) is 1.92. The number of allylic oxidation sites excluding steroid dienone is 1. The smallest absolute Gasteiger partial charge is 0.144 e. The predicted octanol–water partition coefficient (Wildman–Crippen LogP) is 3.38. The van der Waals surface area contributed by atoms with Crippen LogP contribution in [-0.4, -0.2) is 7.11 Å². The van der Waals surface area contributed by atoms with Crippen LogP contribution in [-0.2, 0) is 0 Å². The van der Waals surface area contributed by atoms with Crippen molar-refractivity contribution in [1.82, 2.24) is 0 Å². The molecule has 1 aromatic carbocycles. The van der Waals surface area contributed by atoms with Crippen LogP contribution in [0.3, 0.4) is 0 Å². The van der Waals surface area contributed by atoms with Gasteiger partial charge in [0.15, 0.2) is 0 Å². The minimum atomic E-state index is 0.623. The first kappa shape index (κ1) is 9.14. The molecule has 1 nitrogen and oxygen atoms in total. The Morgan fingerprint density at radius 2 is 2.17 bits per heavy atom. The normalized spacial score (nSPS) is 9.58. The van der Waals surface area contributed by atoms with Crippen LogP contribution in [0.1, 0.15) is 12.5 Å². The molecule has 0 aromatic heterocycles. The lowest BCUT2D eigenvalue weighted by atomic mass is 10.1. The molecule has 0 amide bonds. The molecule has 0 aliphatic rings. The van der Waals surface area contributed by atoms with Gasteiger partial charge in [-0.05, 0) is 18.6 Å². The highest BCUT2D eigenvalue weighted by Crippen LogP contribution is 2.31. The molecule has 0 aliphatic carbocycles.